The number of nitrogens with two attached hydrogens (primary N) is 1. The highest BCUT2D eigenvalue weighted by molar-refractivity contribution is 5.82. The number of amides is 1. The van der Waals surface area contributed by atoms with Crippen molar-refractivity contribution in [1.82, 2.24) is 0 Å². The Bertz CT molecular complexity index is 189. The van der Waals surface area contributed by atoms with Gasteiger partial charge in [-0.25, -0.2) is 0 Å². The molecule has 1 atom stereocenters. The Balaban J connectivity index is 3.84. The van der Waals surface area contributed by atoms with E-state index >= 15 is 0 Å². The zero-order chi connectivity index (χ0) is 10.7. The molecule has 0 radical (unpaired) electrons. The predicted octanol–water partition coefficient (Wildman–Crippen LogP) is 0.955. The average molecular weight is 199 g/mol. The molecule has 0 spiro atoms. The second kappa shape index (κ2) is 3.95. The first-order chi connectivity index (χ1) is 5.65. The molecule has 0 aliphatic carbocycles. The van der Waals surface area contributed by atoms with Gasteiger partial charge in [0.25, 0.3) is 0 Å². The van der Waals surface area contributed by atoms with Crippen molar-refractivity contribution >= 4 is 5.91 Å². The number of primary amides is 1. The van der Waals surface area contributed by atoms with Crippen molar-refractivity contribution in [1.29, 1.82) is 0 Å². The van der Waals surface area contributed by atoms with Gasteiger partial charge < -0.3 is 10.8 Å². The molecule has 1 amide bonds. The number of rotatable bonds is 4. The smallest absolute Gasteiger partial charge is 0.380 e. The summed E-state index contributed by atoms with van der Waals surface area (Å²) >= 11 is 0. The van der Waals surface area contributed by atoms with Crippen molar-refractivity contribution in [2.45, 2.75) is 38.0 Å². The fourth-order valence-corrected chi connectivity index (χ4v) is 0.756. The number of hydrogen-bond acceptors (Lipinski definition) is 2. The highest BCUT2D eigenvalue weighted by atomic mass is 19.4. The quantitative estimate of drug-likeness (QED) is 0.708. The second-order valence-electron chi connectivity index (χ2n) is 3.11. The molecule has 0 saturated heterocycles. The molecule has 3 N–H and O–H groups in total. The van der Waals surface area contributed by atoms with Crippen molar-refractivity contribution in [3.8, 4) is 0 Å². The lowest BCUT2D eigenvalue weighted by atomic mass is 9.98. The molecule has 0 aromatic heterocycles. The van der Waals surface area contributed by atoms with Crippen LogP contribution in [0.25, 0.3) is 0 Å². The normalized spacial score (nSPS) is 16.7. The first-order valence-electron chi connectivity index (χ1n) is 3.74. The Morgan fingerprint density at radius 2 is 1.85 bits per heavy atom. The summed E-state index contributed by atoms with van der Waals surface area (Å²) in [5.41, 5.74) is 2.91. The van der Waals surface area contributed by atoms with Gasteiger partial charge in [0.1, 0.15) is 5.60 Å². The van der Waals surface area contributed by atoms with E-state index < -0.39 is 24.1 Å². The maximum Gasteiger partial charge on any atom is 0.389 e. The molecule has 0 rings (SSSR count). The molecule has 1 unspecified atom stereocenters. The zero-order valence-electron chi connectivity index (χ0n) is 7.19. The van der Waals surface area contributed by atoms with Crippen LogP contribution in [0.3, 0.4) is 0 Å². The van der Waals surface area contributed by atoms with E-state index in [1.807, 2.05) is 0 Å². The lowest BCUT2D eigenvalue weighted by Crippen LogP contribution is -2.40. The monoisotopic (exact) mass is 199 g/mol. The first-order valence-corrected chi connectivity index (χ1v) is 3.74. The minimum Gasteiger partial charge on any atom is -0.380 e. The molecule has 0 fully saturated rings. The zero-order valence-corrected chi connectivity index (χ0v) is 7.19. The maximum absolute atomic E-state index is 11.6. The van der Waals surface area contributed by atoms with Gasteiger partial charge in [0.15, 0.2) is 0 Å². The van der Waals surface area contributed by atoms with Gasteiger partial charge in [-0.05, 0) is 19.8 Å². The summed E-state index contributed by atoms with van der Waals surface area (Å²) in [6.07, 6.45) is -5.86. The molecule has 6 heteroatoms. The number of aliphatic hydroxyl groups is 1. The van der Waals surface area contributed by atoms with E-state index in [0.29, 0.717) is 0 Å². The van der Waals surface area contributed by atoms with Crippen LogP contribution >= 0.6 is 0 Å². The SMILES string of the molecule is CC(O)(CCCC(F)(F)F)C(N)=O. The van der Waals surface area contributed by atoms with Crippen molar-refractivity contribution in [2.75, 3.05) is 0 Å². The van der Waals surface area contributed by atoms with Crippen LogP contribution in [-0.2, 0) is 4.79 Å². The Labute approximate surface area is 73.7 Å². The van der Waals surface area contributed by atoms with Gasteiger partial charge in [0.05, 0.1) is 0 Å². The Morgan fingerprint density at radius 3 is 2.15 bits per heavy atom. The van der Waals surface area contributed by atoms with E-state index in [2.05, 4.69) is 0 Å². The highest BCUT2D eigenvalue weighted by Crippen LogP contribution is 2.24. The number of carbonyl (C=O) groups excluding carboxylic acids is 1. The van der Waals surface area contributed by atoms with Crippen molar-refractivity contribution in [2.24, 2.45) is 5.73 Å². The topological polar surface area (TPSA) is 63.3 Å². The van der Waals surface area contributed by atoms with E-state index in [-0.39, 0.29) is 12.8 Å². The lowest BCUT2D eigenvalue weighted by molar-refractivity contribution is -0.144. The Hall–Kier alpha value is -0.780. The summed E-state index contributed by atoms with van der Waals surface area (Å²) in [6, 6.07) is 0. The molecule has 0 aliphatic heterocycles. The van der Waals surface area contributed by atoms with Crippen LogP contribution in [0.15, 0.2) is 0 Å². The second-order valence-corrected chi connectivity index (χ2v) is 3.11. The van der Waals surface area contributed by atoms with E-state index in [1.165, 1.54) is 0 Å². The van der Waals surface area contributed by atoms with Crippen LogP contribution in [0.2, 0.25) is 0 Å². The van der Waals surface area contributed by atoms with Gasteiger partial charge >= 0.3 is 6.18 Å². The molecule has 0 saturated carbocycles. The molecule has 13 heavy (non-hydrogen) atoms. The van der Waals surface area contributed by atoms with Crippen LogP contribution in [0.5, 0.6) is 0 Å². The predicted molar refractivity (Wildman–Crippen MR) is 39.7 cm³/mol. The van der Waals surface area contributed by atoms with Crippen LogP contribution in [-0.4, -0.2) is 22.8 Å². The van der Waals surface area contributed by atoms with Crippen LogP contribution in [0.1, 0.15) is 26.2 Å². The van der Waals surface area contributed by atoms with Crippen molar-refractivity contribution < 1.29 is 23.1 Å². The molecular formula is C7H12F3NO2. The average Bonchev–Trinajstić information content (AvgIpc) is 1.82. The fourth-order valence-electron chi connectivity index (χ4n) is 0.756. The first kappa shape index (κ1) is 12.2. The third-order valence-corrected chi connectivity index (χ3v) is 1.65. The van der Waals surface area contributed by atoms with Crippen molar-refractivity contribution in [3.63, 3.8) is 0 Å². The lowest BCUT2D eigenvalue weighted by Gasteiger charge is -2.18. The number of halogens is 3. The number of carbonyl (C=O) groups is 1. The van der Waals surface area contributed by atoms with E-state index in [1.54, 1.807) is 0 Å². The highest BCUT2D eigenvalue weighted by Gasteiger charge is 2.31. The van der Waals surface area contributed by atoms with Gasteiger partial charge in [0, 0.05) is 6.42 Å². The van der Waals surface area contributed by atoms with Gasteiger partial charge in [-0.3, -0.25) is 4.79 Å². The summed E-state index contributed by atoms with van der Waals surface area (Å²) in [5, 5.41) is 9.15. The number of hydrogen-bond donors (Lipinski definition) is 2. The standard InChI is InChI=1S/C7H12F3NO2/c1-6(13,5(11)12)3-2-4-7(8,9)10/h13H,2-4H2,1H3,(H2,11,12). The minimum atomic E-state index is -4.26. The summed E-state index contributed by atoms with van der Waals surface area (Å²) in [6.45, 7) is 1.10. The van der Waals surface area contributed by atoms with Crippen molar-refractivity contribution in [3.05, 3.63) is 0 Å². The van der Waals surface area contributed by atoms with Gasteiger partial charge in [0.2, 0.25) is 5.91 Å². The fraction of sp³-hybridized carbons (Fsp3) is 0.857. The molecule has 0 heterocycles. The molecule has 0 bridgehead atoms. The van der Waals surface area contributed by atoms with Gasteiger partial charge in [-0.15, -0.1) is 0 Å². The molecular weight excluding hydrogens is 187 g/mol. The summed E-state index contributed by atoms with van der Waals surface area (Å²) < 4.78 is 34.9. The van der Waals surface area contributed by atoms with E-state index in [0.717, 1.165) is 6.92 Å². The molecule has 78 valence electrons. The largest absolute Gasteiger partial charge is 0.389 e. The van der Waals surface area contributed by atoms with Crippen LogP contribution in [0, 0.1) is 0 Å². The van der Waals surface area contributed by atoms with E-state index in [9.17, 15) is 18.0 Å². The summed E-state index contributed by atoms with van der Waals surface area (Å²) in [5.74, 6) is -1.00. The third-order valence-electron chi connectivity index (χ3n) is 1.65. The summed E-state index contributed by atoms with van der Waals surface area (Å²) in [4.78, 5) is 10.5. The molecule has 3 nitrogen and oxygen atoms in total. The molecule has 0 aromatic rings. The Morgan fingerprint density at radius 1 is 1.38 bits per heavy atom. The van der Waals surface area contributed by atoms with Crippen LogP contribution in [0.4, 0.5) is 13.2 Å². The molecule has 0 aliphatic rings. The maximum atomic E-state index is 11.6. The minimum absolute atomic E-state index is 0.276. The molecule has 0 aromatic carbocycles. The van der Waals surface area contributed by atoms with Gasteiger partial charge in [-0.2, -0.15) is 13.2 Å². The third kappa shape index (κ3) is 5.46. The summed E-state index contributed by atoms with van der Waals surface area (Å²) in [7, 11) is 0. The van der Waals surface area contributed by atoms with E-state index in [4.69, 9.17) is 10.8 Å². The van der Waals surface area contributed by atoms with Crippen LogP contribution < -0.4 is 5.73 Å². The Kier molecular flexibility index (Phi) is 3.71. The number of alkyl halides is 3. The van der Waals surface area contributed by atoms with Gasteiger partial charge in [-0.1, -0.05) is 0 Å².